The molecule has 2 heterocycles. The standard InChI is InChI=1S/C15H19N5OS2/c21-14(7-2-1-6-13-8-9-22-23-13)16-12-5-3-4-11(10-12)15-17-19-20-18-15/h3-5,10,13H,1-2,6-9H2,(H,16,21)(H,17,18,19,20)/t13-/m1/s1. The van der Waals surface area contributed by atoms with E-state index < -0.39 is 0 Å². The fraction of sp³-hybridized carbons (Fsp3) is 0.467. The number of tetrazole rings is 1. The lowest BCUT2D eigenvalue weighted by atomic mass is 10.1. The lowest BCUT2D eigenvalue weighted by Gasteiger charge is -2.08. The summed E-state index contributed by atoms with van der Waals surface area (Å²) in [6, 6.07) is 7.48. The van der Waals surface area contributed by atoms with Crippen LogP contribution in [0.1, 0.15) is 32.1 Å². The first-order valence-electron chi connectivity index (χ1n) is 7.73. The molecule has 1 atom stereocenters. The Hall–Kier alpha value is -1.54. The van der Waals surface area contributed by atoms with Gasteiger partial charge in [0.05, 0.1) is 0 Å². The molecule has 2 N–H and O–H groups in total. The van der Waals surface area contributed by atoms with Crippen molar-refractivity contribution in [2.45, 2.75) is 37.4 Å². The minimum absolute atomic E-state index is 0.0590. The number of aromatic nitrogens is 4. The van der Waals surface area contributed by atoms with Gasteiger partial charge in [0.2, 0.25) is 11.7 Å². The monoisotopic (exact) mass is 349 g/mol. The van der Waals surface area contributed by atoms with Gasteiger partial charge in [0.25, 0.3) is 0 Å². The van der Waals surface area contributed by atoms with Crippen molar-refractivity contribution in [2.75, 3.05) is 11.1 Å². The third kappa shape index (κ3) is 4.97. The van der Waals surface area contributed by atoms with Crippen molar-refractivity contribution in [3.05, 3.63) is 24.3 Å². The quantitative estimate of drug-likeness (QED) is 0.588. The molecule has 0 spiro atoms. The highest BCUT2D eigenvalue weighted by molar-refractivity contribution is 8.77. The van der Waals surface area contributed by atoms with E-state index in [1.54, 1.807) is 0 Å². The molecule has 8 heteroatoms. The van der Waals surface area contributed by atoms with Crippen LogP contribution in [0.25, 0.3) is 11.4 Å². The summed E-state index contributed by atoms with van der Waals surface area (Å²) in [6.07, 6.45) is 5.16. The van der Waals surface area contributed by atoms with Crippen molar-refractivity contribution in [1.29, 1.82) is 0 Å². The number of nitrogens with zero attached hydrogens (tertiary/aromatic N) is 3. The molecule has 122 valence electrons. The second kappa shape index (κ2) is 8.35. The van der Waals surface area contributed by atoms with E-state index in [2.05, 4.69) is 25.9 Å². The first-order valence-corrected chi connectivity index (χ1v) is 10.1. The van der Waals surface area contributed by atoms with Crippen LogP contribution in [-0.4, -0.2) is 37.5 Å². The molecule has 0 bridgehead atoms. The molecule has 1 amide bonds. The minimum Gasteiger partial charge on any atom is -0.326 e. The van der Waals surface area contributed by atoms with Crippen molar-refractivity contribution < 1.29 is 4.79 Å². The first kappa shape index (κ1) is 16.3. The Kier molecular flexibility index (Phi) is 5.93. The molecule has 1 fully saturated rings. The van der Waals surface area contributed by atoms with Gasteiger partial charge in [0, 0.05) is 28.7 Å². The molecule has 23 heavy (non-hydrogen) atoms. The number of nitrogens with one attached hydrogen (secondary N) is 2. The number of amides is 1. The maximum Gasteiger partial charge on any atom is 0.224 e. The Labute approximate surface area is 143 Å². The molecule has 1 saturated heterocycles. The molecular weight excluding hydrogens is 330 g/mol. The Morgan fingerprint density at radius 3 is 3.13 bits per heavy atom. The normalized spacial score (nSPS) is 17.3. The van der Waals surface area contributed by atoms with Crippen LogP contribution in [-0.2, 0) is 4.79 Å². The minimum atomic E-state index is 0.0590. The van der Waals surface area contributed by atoms with Crippen LogP contribution in [0, 0.1) is 0 Å². The fourth-order valence-electron chi connectivity index (χ4n) is 2.47. The Bertz CT molecular complexity index is 629. The first-order chi connectivity index (χ1) is 11.3. The molecule has 0 saturated carbocycles. The van der Waals surface area contributed by atoms with Gasteiger partial charge < -0.3 is 5.32 Å². The summed E-state index contributed by atoms with van der Waals surface area (Å²) >= 11 is 0. The molecule has 1 aromatic heterocycles. The van der Waals surface area contributed by atoms with Crippen molar-refractivity contribution in [3.8, 4) is 11.4 Å². The van der Waals surface area contributed by atoms with E-state index in [0.29, 0.717) is 12.2 Å². The summed E-state index contributed by atoms with van der Waals surface area (Å²) in [4.78, 5) is 12.0. The van der Waals surface area contributed by atoms with Gasteiger partial charge in [0.1, 0.15) is 0 Å². The number of hydrogen-bond acceptors (Lipinski definition) is 6. The number of benzene rings is 1. The molecule has 2 aromatic rings. The zero-order valence-electron chi connectivity index (χ0n) is 12.7. The van der Waals surface area contributed by atoms with Crippen LogP contribution >= 0.6 is 21.6 Å². The SMILES string of the molecule is O=C(CCCC[C@@H]1CCSS1)Nc1cccc(-c2nn[nH]n2)c1. The van der Waals surface area contributed by atoms with Crippen LogP contribution < -0.4 is 5.32 Å². The van der Waals surface area contributed by atoms with E-state index in [1.807, 2.05) is 45.9 Å². The highest BCUT2D eigenvalue weighted by Gasteiger charge is 2.15. The molecule has 1 aliphatic rings. The van der Waals surface area contributed by atoms with E-state index in [4.69, 9.17) is 0 Å². The number of carbonyl (C=O) groups is 1. The number of anilines is 1. The largest absolute Gasteiger partial charge is 0.326 e. The number of hydrogen-bond donors (Lipinski definition) is 2. The summed E-state index contributed by atoms with van der Waals surface area (Å²) in [5, 5.41) is 17.6. The second-order valence-electron chi connectivity index (χ2n) is 5.44. The van der Waals surface area contributed by atoms with Crippen molar-refractivity contribution >= 4 is 33.2 Å². The van der Waals surface area contributed by atoms with Crippen molar-refractivity contribution in [2.24, 2.45) is 0 Å². The summed E-state index contributed by atoms with van der Waals surface area (Å²) < 4.78 is 0. The van der Waals surface area contributed by atoms with Crippen LogP contribution in [0.3, 0.4) is 0 Å². The lowest BCUT2D eigenvalue weighted by Crippen LogP contribution is -2.11. The van der Waals surface area contributed by atoms with E-state index in [1.165, 1.54) is 18.6 Å². The third-order valence-electron chi connectivity index (χ3n) is 3.66. The van der Waals surface area contributed by atoms with E-state index in [-0.39, 0.29) is 5.91 Å². The highest BCUT2D eigenvalue weighted by Crippen LogP contribution is 2.39. The van der Waals surface area contributed by atoms with Crippen molar-refractivity contribution in [3.63, 3.8) is 0 Å². The lowest BCUT2D eigenvalue weighted by molar-refractivity contribution is -0.116. The summed E-state index contributed by atoms with van der Waals surface area (Å²) in [6.45, 7) is 0. The Balaban J connectivity index is 1.43. The molecule has 1 aromatic carbocycles. The topological polar surface area (TPSA) is 83.6 Å². The zero-order valence-corrected chi connectivity index (χ0v) is 14.3. The average Bonchev–Trinajstić information content (AvgIpc) is 3.25. The van der Waals surface area contributed by atoms with Gasteiger partial charge in [-0.05, 0) is 36.6 Å². The number of aromatic amines is 1. The van der Waals surface area contributed by atoms with Gasteiger partial charge in [-0.2, -0.15) is 5.21 Å². The number of carbonyl (C=O) groups excluding carboxylic acids is 1. The average molecular weight is 349 g/mol. The van der Waals surface area contributed by atoms with Crippen LogP contribution in [0.5, 0.6) is 0 Å². The summed E-state index contributed by atoms with van der Waals surface area (Å²) in [5.74, 6) is 1.85. The van der Waals surface area contributed by atoms with Crippen LogP contribution in [0.15, 0.2) is 24.3 Å². The fourth-order valence-corrected chi connectivity index (χ4v) is 5.49. The van der Waals surface area contributed by atoms with Crippen molar-refractivity contribution in [1.82, 2.24) is 20.6 Å². The molecular formula is C15H19N5OS2. The molecule has 6 nitrogen and oxygen atoms in total. The smallest absolute Gasteiger partial charge is 0.224 e. The Morgan fingerprint density at radius 2 is 2.35 bits per heavy atom. The molecule has 1 aliphatic heterocycles. The highest BCUT2D eigenvalue weighted by atomic mass is 33.1. The molecule has 0 unspecified atom stereocenters. The number of H-pyrrole nitrogens is 1. The summed E-state index contributed by atoms with van der Waals surface area (Å²) in [5.41, 5.74) is 1.59. The third-order valence-corrected chi connectivity index (χ3v) is 6.66. The Morgan fingerprint density at radius 1 is 1.39 bits per heavy atom. The molecule has 0 aliphatic carbocycles. The van der Waals surface area contributed by atoms with Crippen LogP contribution in [0.4, 0.5) is 5.69 Å². The number of rotatable bonds is 7. The van der Waals surface area contributed by atoms with Gasteiger partial charge in [-0.1, -0.05) is 40.1 Å². The van der Waals surface area contributed by atoms with Gasteiger partial charge in [-0.25, -0.2) is 0 Å². The number of unbranched alkanes of at least 4 members (excludes halogenated alkanes) is 1. The molecule has 0 radical (unpaired) electrons. The maximum atomic E-state index is 12.0. The van der Waals surface area contributed by atoms with E-state index in [9.17, 15) is 4.79 Å². The maximum absolute atomic E-state index is 12.0. The zero-order chi connectivity index (χ0) is 15.9. The molecule has 3 rings (SSSR count). The van der Waals surface area contributed by atoms with E-state index in [0.717, 1.165) is 29.3 Å². The van der Waals surface area contributed by atoms with Gasteiger partial charge >= 0.3 is 0 Å². The van der Waals surface area contributed by atoms with Gasteiger partial charge in [0.15, 0.2) is 0 Å². The predicted octanol–water partition coefficient (Wildman–Crippen LogP) is 3.52. The van der Waals surface area contributed by atoms with E-state index >= 15 is 0 Å². The van der Waals surface area contributed by atoms with Crippen LogP contribution in [0.2, 0.25) is 0 Å². The second-order valence-corrected chi connectivity index (χ2v) is 8.23. The summed E-state index contributed by atoms with van der Waals surface area (Å²) in [7, 11) is 3.97. The van der Waals surface area contributed by atoms with Gasteiger partial charge in [-0.3, -0.25) is 4.79 Å². The van der Waals surface area contributed by atoms with Gasteiger partial charge in [-0.15, -0.1) is 10.2 Å². The predicted molar refractivity (Wildman–Crippen MR) is 95.2 cm³/mol.